The van der Waals surface area contributed by atoms with E-state index >= 15 is 0 Å². The van der Waals surface area contributed by atoms with Crippen LogP contribution in [-0.2, 0) is 14.4 Å². The number of para-hydroxylation sites is 1. The second-order valence-corrected chi connectivity index (χ2v) is 4.21. The van der Waals surface area contributed by atoms with Crippen molar-refractivity contribution < 1.29 is 19.5 Å². The summed E-state index contributed by atoms with van der Waals surface area (Å²) in [5.41, 5.74) is 5.60. The minimum Gasteiger partial charge on any atom is -0.480 e. The summed E-state index contributed by atoms with van der Waals surface area (Å²) in [4.78, 5) is 34.4. The number of rotatable bonds is 7. The van der Waals surface area contributed by atoms with E-state index in [1.54, 1.807) is 18.2 Å². The maximum atomic E-state index is 11.8. The lowest BCUT2D eigenvalue weighted by Gasteiger charge is -2.18. The molecule has 0 atom stereocenters. The number of nitrogens with one attached hydrogen (secondary N) is 1. The van der Waals surface area contributed by atoms with Crippen molar-refractivity contribution in [2.24, 2.45) is 5.73 Å². The smallest absolute Gasteiger partial charge is 0.317 e. The topological polar surface area (TPSA) is 137 Å². The van der Waals surface area contributed by atoms with Gasteiger partial charge in [-0.1, -0.05) is 12.1 Å². The molecule has 0 fully saturated rings. The van der Waals surface area contributed by atoms with Crippen LogP contribution < -0.4 is 11.1 Å². The molecule has 1 aromatic rings. The van der Waals surface area contributed by atoms with Gasteiger partial charge in [-0.05, 0) is 12.1 Å². The number of amides is 2. The molecule has 0 aliphatic heterocycles. The number of nitrogens with two attached hydrogens (primary N) is 1. The van der Waals surface area contributed by atoms with Gasteiger partial charge >= 0.3 is 5.97 Å². The second kappa shape index (κ2) is 7.62. The van der Waals surface area contributed by atoms with Crippen molar-refractivity contribution in [2.75, 3.05) is 25.0 Å². The Labute approximate surface area is 120 Å². The number of carbonyl (C=O) groups excluding carboxylic acids is 2. The van der Waals surface area contributed by atoms with E-state index in [1.165, 1.54) is 6.07 Å². The minimum absolute atomic E-state index is 0.283. The number of hydrogen-bond acceptors (Lipinski definition) is 5. The molecule has 0 saturated carbocycles. The largest absolute Gasteiger partial charge is 0.480 e. The number of primary amides is 1. The standard InChI is InChI=1S/C13H14N4O4/c14-5-9-3-1-2-4-10(9)16-12(19)7-17(6-11(15)18)8-13(20)21/h1-4H,6-8H2,(H2,15,18)(H,16,19)(H,20,21). The highest BCUT2D eigenvalue weighted by Gasteiger charge is 2.16. The molecule has 0 saturated heterocycles. The Bertz CT molecular complexity index is 578. The molecule has 110 valence electrons. The van der Waals surface area contributed by atoms with E-state index in [1.807, 2.05) is 6.07 Å². The molecule has 1 rings (SSSR count). The lowest BCUT2D eigenvalue weighted by Crippen LogP contribution is -2.41. The Morgan fingerprint density at radius 3 is 2.48 bits per heavy atom. The Morgan fingerprint density at radius 2 is 1.90 bits per heavy atom. The summed E-state index contributed by atoms with van der Waals surface area (Å²) in [5, 5.41) is 20.1. The monoisotopic (exact) mass is 290 g/mol. The van der Waals surface area contributed by atoms with Crippen LogP contribution in [0.3, 0.4) is 0 Å². The van der Waals surface area contributed by atoms with E-state index in [0.717, 1.165) is 4.90 Å². The number of hydrogen-bond donors (Lipinski definition) is 3. The lowest BCUT2D eigenvalue weighted by molar-refractivity contribution is -0.138. The molecule has 21 heavy (non-hydrogen) atoms. The molecule has 0 spiro atoms. The Kier molecular flexibility index (Phi) is 5.85. The third-order valence-electron chi connectivity index (χ3n) is 2.43. The summed E-state index contributed by atoms with van der Waals surface area (Å²) in [6, 6.07) is 8.30. The molecule has 0 aliphatic rings. The maximum Gasteiger partial charge on any atom is 0.317 e. The first-order chi connectivity index (χ1) is 9.92. The minimum atomic E-state index is -1.18. The zero-order valence-corrected chi connectivity index (χ0v) is 11.1. The first kappa shape index (κ1) is 16.1. The average molecular weight is 290 g/mol. The van der Waals surface area contributed by atoms with E-state index in [4.69, 9.17) is 16.1 Å². The molecule has 0 bridgehead atoms. The quantitative estimate of drug-likeness (QED) is 0.611. The lowest BCUT2D eigenvalue weighted by atomic mass is 10.2. The van der Waals surface area contributed by atoms with Crippen LogP contribution >= 0.6 is 0 Å². The summed E-state index contributed by atoms with van der Waals surface area (Å²) in [6.07, 6.45) is 0. The van der Waals surface area contributed by atoms with Crippen molar-refractivity contribution >= 4 is 23.5 Å². The van der Waals surface area contributed by atoms with Crippen molar-refractivity contribution in [3.05, 3.63) is 29.8 Å². The fraction of sp³-hybridized carbons (Fsp3) is 0.231. The number of carboxylic acids is 1. The second-order valence-electron chi connectivity index (χ2n) is 4.21. The molecular formula is C13H14N4O4. The van der Waals surface area contributed by atoms with Crippen LogP contribution in [-0.4, -0.2) is 47.4 Å². The number of nitriles is 1. The predicted octanol–water partition coefficient (Wildman–Crippen LogP) is -0.631. The van der Waals surface area contributed by atoms with Gasteiger partial charge in [-0.15, -0.1) is 0 Å². The summed E-state index contributed by atoms with van der Waals surface area (Å²) < 4.78 is 0. The van der Waals surface area contributed by atoms with Crippen molar-refractivity contribution in [2.45, 2.75) is 0 Å². The van der Waals surface area contributed by atoms with Gasteiger partial charge in [0.1, 0.15) is 6.07 Å². The average Bonchev–Trinajstić information content (AvgIpc) is 2.37. The molecule has 8 nitrogen and oxygen atoms in total. The van der Waals surface area contributed by atoms with Crippen LogP contribution in [0.5, 0.6) is 0 Å². The van der Waals surface area contributed by atoms with Gasteiger partial charge in [0.05, 0.1) is 30.9 Å². The molecule has 4 N–H and O–H groups in total. The van der Waals surface area contributed by atoms with Crippen LogP contribution in [0.2, 0.25) is 0 Å². The maximum absolute atomic E-state index is 11.8. The van der Waals surface area contributed by atoms with E-state index in [0.29, 0.717) is 5.69 Å². The van der Waals surface area contributed by atoms with Crippen LogP contribution in [0.1, 0.15) is 5.56 Å². The fourth-order valence-electron chi connectivity index (χ4n) is 1.66. The van der Waals surface area contributed by atoms with Gasteiger partial charge in [0.15, 0.2) is 0 Å². The Balaban J connectivity index is 2.71. The fourth-order valence-corrected chi connectivity index (χ4v) is 1.66. The molecule has 1 aromatic carbocycles. The number of anilines is 1. The number of aliphatic carboxylic acids is 1. The normalized spacial score (nSPS) is 9.90. The molecule has 0 radical (unpaired) electrons. The summed E-state index contributed by atoms with van der Waals surface area (Å²) in [5.74, 6) is -2.46. The van der Waals surface area contributed by atoms with Crippen molar-refractivity contribution in [1.29, 1.82) is 5.26 Å². The first-order valence-electron chi connectivity index (χ1n) is 5.93. The highest BCUT2D eigenvalue weighted by atomic mass is 16.4. The van der Waals surface area contributed by atoms with Gasteiger partial charge in [0, 0.05) is 0 Å². The van der Waals surface area contributed by atoms with Crippen LogP contribution in [0, 0.1) is 11.3 Å². The van der Waals surface area contributed by atoms with E-state index < -0.39 is 24.3 Å². The first-order valence-corrected chi connectivity index (χ1v) is 5.93. The van der Waals surface area contributed by atoms with Gasteiger partial charge < -0.3 is 16.2 Å². The molecule has 0 aromatic heterocycles. The highest BCUT2D eigenvalue weighted by molar-refractivity contribution is 5.94. The third-order valence-corrected chi connectivity index (χ3v) is 2.43. The number of carboxylic acid groups (broad SMARTS) is 1. The van der Waals surface area contributed by atoms with Crippen molar-refractivity contribution in [3.63, 3.8) is 0 Å². The summed E-state index contributed by atoms with van der Waals surface area (Å²) >= 11 is 0. The molecule has 0 heterocycles. The van der Waals surface area contributed by atoms with Crippen molar-refractivity contribution in [1.82, 2.24) is 4.90 Å². The van der Waals surface area contributed by atoms with Gasteiger partial charge in [-0.25, -0.2) is 0 Å². The molecule has 0 aliphatic carbocycles. The number of carbonyl (C=O) groups is 3. The van der Waals surface area contributed by atoms with Crippen molar-refractivity contribution in [3.8, 4) is 6.07 Å². The molecule has 0 unspecified atom stereocenters. The predicted molar refractivity (Wildman–Crippen MR) is 73.1 cm³/mol. The molecule has 8 heteroatoms. The van der Waals surface area contributed by atoms with E-state index in [-0.39, 0.29) is 18.7 Å². The summed E-state index contributed by atoms with van der Waals surface area (Å²) in [6.45, 7) is -1.16. The van der Waals surface area contributed by atoms with E-state index in [9.17, 15) is 14.4 Å². The molecule has 2 amide bonds. The number of benzene rings is 1. The zero-order chi connectivity index (χ0) is 15.8. The zero-order valence-electron chi connectivity index (χ0n) is 11.1. The number of nitrogens with zero attached hydrogens (tertiary/aromatic N) is 2. The Morgan fingerprint density at radius 1 is 1.24 bits per heavy atom. The third kappa shape index (κ3) is 5.71. The van der Waals surface area contributed by atoms with Crippen LogP contribution in [0.15, 0.2) is 24.3 Å². The summed E-state index contributed by atoms with van der Waals surface area (Å²) in [7, 11) is 0. The Hall–Kier alpha value is -2.92. The van der Waals surface area contributed by atoms with Gasteiger partial charge in [0.2, 0.25) is 11.8 Å². The van der Waals surface area contributed by atoms with E-state index in [2.05, 4.69) is 5.32 Å². The highest BCUT2D eigenvalue weighted by Crippen LogP contribution is 2.13. The van der Waals surface area contributed by atoms with Crippen LogP contribution in [0.25, 0.3) is 0 Å². The van der Waals surface area contributed by atoms with Gasteiger partial charge in [-0.2, -0.15) is 5.26 Å². The van der Waals surface area contributed by atoms with Gasteiger partial charge in [0.25, 0.3) is 0 Å². The van der Waals surface area contributed by atoms with Crippen LogP contribution in [0.4, 0.5) is 5.69 Å². The molecular weight excluding hydrogens is 276 g/mol. The van der Waals surface area contributed by atoms with Gasteiger partial charge in [-0.3, -0.25) is 19.3 Å². The SMILES string of the molecule is N#Cc1ccccc1NC(=O)CN(CC(N)=O)CC(=O)O.